The van der Waals surface area contributed by atoms with Gasteiger partial charge in [0, 0.05) is 18.3 Å². The lowest BCUT2D eigenvalue weighted by molar-refractivity contribution is 0.101. The molecule has 0 spiro atoms. The summed E-state index contributed by atoms with van der Waals surface area (Å²) in [5.74, 6) is 0.317. The third-order valence-electron chi connectivity index (χ3n) is 2.92. The molecule has 7 heteroatoms. The zero-order chi connectivity index (χ0) is 12.7. The van der Waals surface area contributed by atoms with Gasteiger partial charge >= 0.3 is 0 Å². The molecule has 2 aromatic heterocycles. The Morgan fingerprint density at radius 3 is 3.00 bits per heavy atom. The van der Waals surface area contributed by atoms with Gasteiger partial charge in [-0.05, 0) is 12.8 Å². The van der Waals surface area contributed by atoms with E-state index in [1.165, 1.54) is 35.1 Å². The number of anilines is 2. The summed E-state index contributed by atoms with van der Waals surface area (Å²) < 4.78 is 1.46. The third-order valence-corrected chi connectivity index (χ3v) is 3.70. The van der Waals surface area contributed by atoms with Crippen LogP contribution in [0.5, 0.6) is 0 Å². The minimum atomic E-state index is -0.274. The highest BCUT2D eigenvalue weighted by molar-refractivity contribution is 7.14. The summed E-state index contributed by atoms with van der Waals surface area (Å²) in [5.41, 5.74) is 7.50. The molecule has 0 saturated heterocycles. The highest BCUT2D eigenvalue weighted by atomic mass is 32.1. The fourth-order valence-corrected chi connectivity index (χ4v) is 2.59. The number of nitrogens with one attached hydrogen (secondary N) is 1. The predicted octanol–water partition coefficient (Wildman–Crippen LogP) is 1.59. The smallest absolute Gasteiger partial charge is 0.277 e. The van der Waals surface area contributed by atoms with E-state index in [2.05, 4.69) is 15.4 Å². The molecular weight excluding hydrogens is 250 g/mol. The maximum atomic E-state index is 12.0. The van der Waals surface area contributed by atoms with Gasteiger partial charge in [0.25, 0.3) is 5.91 Å². The van der Waals surface area contributed by atoms with Gasteiger partial charge in [-0.25, -0.2) is 4.98 Å². The van der Waals surface area contributed by atoms with Gasteiger partial charge < -0.3 is 5.73 Å². The van der Waals surface area contributed by atoms with Crippen LogP contribution < -0.4 is 11.1 Å². The highest BCUT2D eigenvalue weighted by Gasteiger charge is 2.26. The van der Waals surface area contributed by atoms with Crippen molar-refractivity contribution < 1.29 is 4.79 Å². The van der Waals surface area contributed by atoms with Crippen LogP contribution in [0.4, 0.5) is 10.8 Å². The van der Waals surface area contributed by atoms with E-state index < -0.39 is 0 Å². The SMILES string of the molecule is Cn1ncc(N)c1C(=O)Nc1nc(C2CC2)cs1. The van der Waals surface area contributed by atoms with Crippen molar-refractivity contribution in [3.8, 4) is 0 Å². The molecule has 3 N–H and O–H groups in total. The van der Waals surface area contributed by atoms with Crippen molar-refractivity contribution in [3.05, 3.63) is 23.0 Å². The fraction of sp³-hybridized carbons (Fsp3) is 0.364. The molecule has 2 aromatic rings. The largest absolute Gasteiger partial charge is 0.396 e. The highest BCUT2D eigenvalue weighted by Crippen LogP contribution is 2.40. The molecular formula is C11H13N5OS. The van der Waals surface area contributed by atoms with E-state index in [-0.39, 0.29) is 5.91 Å². The summed E-state index contributed by atoms with van der Waals surface area (Å²) in [6.07, 6.45) is 3.87. The van der Waals surface area contributed by atoms with Gasteiger partial charge in [0.05, 0.1) is 17.6 Å². The van der Waals surface area contributed by atoms with Gasteiger partial charge in [-0.2, -0.15) is 5.10 Å². The van der Waals surface area contributed by atoms with Gasteiger partial charge in [-0.1, -0.05) is 0 Å². The summed E-state index contributed by atoms with van der Waals surface area (Å²) in [6.45, 7) is 0. The average Bonchev–Trinajstić information content (AvgIpc) is 2.99. The Morgan fingerprint density at radius 2 is 2.39 bits per heavy atom. The Hall–Kier alpha value is -1.89. The molecule has 2 heterocycles. The molecule has 0 aromatic carbocycles. The maximum absolute atomic E-state index is 12.0. The van der Waals surface area contributed by atoms with Crippen LogP contribution in [0.1, 0.15) is 34.9 Å². The number of amides is 1. The Kier molecular flexibility index (Phi) is 2.55. The van der Waals surface area contributed by atoms with Crippen molar-refractivity contribution in [2.75, 3.05) is 11.1 Å². The second kappa shape index (κ2) is 4.09. The third kappa shape index (κ3) is 1.97. The Labute approximate surface area is 108 Å². The first-order valence-electron chi connectivity index (χ1n) is 5.69. The summed E-state index contributed by atoms with van der Waals surface area (Å²) >= 11 is 1.44. The van der Waals surface area contributed by atoms with Gasteiger partial charge in [-0.15, -0.1) is 11.3 Å². The molecule has 0 bridgehead atoms. The second-order valence-corrected chi connectivity index (χ2v) is 5.24. The van der Waals surface area contributed by atoms with Crippen LogP contribution in [0.25, 0.3) is 0 Å². The Morgan fingerprint density at radius 1 is 1.61 bits per heavy atom. The van der Waals surface area contributed by atoms with E-state index in [9.17, 15) is 4.79 Å². The number of thiazole rings is 1. The number of carbonyl (C=O) groups is 1. The molecule has 6 nitrogen and oxygen atoms in total. The molecule has 0 aliphatic heterocycles. The average molecular weight is 263 g/mol. The molecule has 1 aliphatic carbocycles. The Bertz CT molecular complexity index is 579. The molecule has 18 heavy (non-hydrogen) atoms. The second-order valence-electron chi connectivity index (χ2n) is 4.38. The first kappa shape index (κ1) is 11.2. The fourth-order valence-electron chi connectivity index (χ4n) is 1.80. The van der Waals surface area contributed by atoms with E-state index in [0.29, 0.717) is 22.4 Å². The topological polar surface area (TPSA) is 85.8 Å². The van der Waals surface area contributed by atoms with Gasteiger partial charge in [0.2, 0.25) is 0 Å². The molecule has 1 amide bonds. The van der Waals surface area contributed by atoms with Crippen molar-refractivity contribution in [2.45, 2.75) is 18.8 Å². The van der Waals surface area contributed by atoms with Crippen LogP contribution in [-0.2, 0) is 7.05 Å². The van der Waals surface area contributed by atoms with E-state index in [1.807, 2.05) is 5.38 Å². The summed E-state index contributed by atoms with van der Waals surface area (Å²) in [6, 6.07) is 0. The predicted molar refractivity (Wildman–Crippen MR) is 69.7 cm³/mol. The van der Waals surface area contributed by atoms with Crippen molar-refractivity contribution in [1.29, 1.82) is 0 Å². The number of hydrogen-bond acceptors (Lipinski definition) is 5. The molecule has 94 valence electrons. The zero-order valence-electron chi connectivity index (χ0n) is 9.88. The van der Waals surface area contributed by atoms with Crippen LogP contribution in [0, 0.1) is 0 Å². The summed E-state index contributed by atoms with van der Waals surface area (Å²) in [4.78, 5) is 16.4. The van der Waals surface area contributed by atoms with Gasteiger partial charge in [0.15, 0.2) is 5.13 Å². The number of rotatable bonds is 3. The maximum Gasteiger partial charge on any atom is 0.277 e. The lowest BCUT2D eigenvalue weighted by Gasteiger charge is -2.02. The number of nitrogen functional groups attached to an aromatic ring is 1. The van der Waals surface area contributed by atoms with Crippen LogP contribution in [-0.4, -0.2) is 20.7 Å². The normalized spacial score (nSPS) is 14.7. The monoisotopic (exact) mass is 263 g/mol. The lowest BCUT2D eigenvalue weighted by Crippen LogP contribution is -2.17. The zero-order valence-corrected chi connectivity index (χ0v) is 10.7. The summed E-state index contributed by atoms with van der Waals surface area (Å²) in [7, 11) is 1.68. The molecule has 0 atom stereocenters. The number of nitrogens with two attached hydrogens (primary N) is 1. The first-order valence-corrected chi connectivity index (χ1v) is 6.57. The molecule has 0 unspecified atom stereocenters. The Balaban J connectivity index is 1.77. The summed E-state index contributed by atoms with van der Waals surface area (Å²) in [5, 5.41) is 9.31. The van der Waals surface area contributed by atoms with E-state index in [4.69, 9.17) is 5.73 Å². The van der Waals surface area contributed by atoms with Gasteiger partial charge in [-0.3, -0.25) is 14.8 Å². The molecule has 0 radical (unpaired) electrons. The number of nitrogens with zero attached hydrogens (tertiary/aromatic N) is 3. The van der Waals surface area contributed by atoms with Crippen LogP contribution in [0.15, 0.2) is 11.6 Å². The van der Waals surface area contributed by atoms with Crippen LogP contribution >= 0.6 is 11.3 Å². The number of aromatic nitrogens is 3. The van der Waals surface area contributed by atoms with Crippen molar-refractivity contribution in [2.24, 2.45) is 7.05 Å². The number of aryl methyl sites for hydroxylation is 1. The quantitative estimate of drug-likeness (QED) is 0.880. The molecule has 1 saturated carbocycles. The van der Waals surface area contributed by atoms with Gasteiger partial charge in [0.1, 0.15) is 5.69 Å². The van der Waals surface area contributed by atoms with Crippen molar-refractivity contribution in [3.63, 3.8) is 0 Å². The van der Waals surface area contributed by atoms with E-state index in [1.54, 1.807) is 7.05 Å². The molecule has 1 fully saturated rings. The van der Waals surface area contributed by atoms with E-state index in [0.717, 1.165) is 5.69 Å². The first-order chi connectivity index (χ1) is 8.65. The minimum absolute atomic E-state index is 0.274. The molecule has 3 rings (SSSR count). The lowest BCUT2D eigenvalue weighted by atomic mass is 10.3. The van der Waals surface area contributed by atoms with Crippen molar-refractivity contribution >= 4 is 28.1 Å². The molecule has 1 aliphatic rings. The van der Waals surface area contributed by atoms with Crippen molar-refractivity contribution in [1.82, 2.24) is 14.8 Å². The standard InChI is InChI=1S/C11H13N5OS/c1-16-9(7(12)4-13-16)10(17)15-11-14-8(5-18-11)6-2-3-6/h4-6H,2-3,12H2,1H3,(H,14,15,17). The van der Waals surface area contributed by atoms with Crippen LogP contribution in [0.3, 0.4) is 0 Å². The number of carbonyl (C=O) groups excluding carboxylic acids is 1. The number of hydrogen-bond donors (Lipinski definition) is 2. The van der Waals surface area contributed by atoms with E-state index >= 15 is 0 Å². The van der Waals surface area contributed by atoms with Crippen LogP contribution in [0.2, 0.25) is 0 Å². The minimum Gasteiger partial charge on any atom is -0.396 e.